The lowest BCUT2D eigenvalue weighted by Gasteiger charge is -2.34. The minimum atomic E-state index is -0.571. The molecule has 1 saturated heterocycles. The molecule has 1 aliphatic heterocycles. The van der Waals surface area contributed by atoms with Crippen LogP contribution < -0.4 is 15.4 Å². The number of piperidine rings is 1. The molecule has 4 N–H and O–H groups in total. The number of alkyl halides is 1. The van der Waals surface area contributed by atoms with Crippen molar-refractivity contribution in [3.63, 3.8) is 0 Å². The number of aromatic amines is 1. The molecule has 1 fully saturated rings. The number of halogens is 2. The van der Waals surface area contributed by atoms with Crippen LogP contribution in [0, 0.1) is 0 Å². The number of β-amino-alcohol motifs (C(OH)–C–C–N with tert-alkyl or cyclic N) is 1. The van der Waals surface area contributed by atoms with Gasteiger partial charge in [0.25, 0.3) is 0 Å². The minimum absolute atomic E-state index is 0. The SMILES string of the molecule is Cl.N[C@H]1CCN(c2ccc(-c3cc(OCCF)cn4nc5[nH]ncc5c34)cn2)C[C@@H]1O. The molecular weight excluding hydrogens is 425 g/mol. The van der Waals surface area contributed by atoms with Crippen molar-refractivity contribution in [2.24, 2.45) is 5.73 Å². The molecule has 0 bridgehead atoms. The normalized spacial score (nSPS) is 19.0. The van der Waals surface area contributed by atoms with Crippen molar-refractivity contribution in [1.82, 2.24) is 24.8 Å². The van der Waals surface area contributed by atoms with E-state index in [0.29, 0.717) is 24.4 Å². The molecule has 9 nitrogen and oxygen atoms in total. The molecule has 0 spiro atoms. The molecule has 0 saturated carbocycles. The van der Waals surface area contributed by atoms with Gasteiger partial charge in [0, 0.05) is 36.5 Å². The molecule has 2 atom stereocenters. The summed E-state index contributed by atoms with van der Waals surface area (Å²) in [6.07, 6.45) is 5.38. The van der Waals surface area contributed by atoms with Crippen molar-refractivity contribution in [3.8, 4) is 16.9 Å². The molecule has 1 aliphatic rings. The first-order valence-electron chi connectivity index (χ1n) is 9.83. The first-order chi connectivity index (χ1) is 14.6. The minimum Gasteiger partial charge on any atom is -0.489 e. The molecule has 31 heavy (non-hydrogen) atoms. The first kappa shape index (κ1) is 21.3. The van der Waals surface area contributed by atoms with Crippen molar-refractivity contribution >= 4 is 34.8 Å². The summed E-state index contributed by atoms with van der Waals surface area (Å²) in [6.45, 7) is 0.614. The average molecular weight is 448 g/mol. The van der Waals surface area contributed by atoms with Gasteiger partial charge in [-0.25, -0.2) is 13.9 Å². The van der Waals surface area contributed by atoms with Gasteiger partial charge in [0.05, 0.1) is 29.4 Å². The Morgan fingerprint density at radius 2 is 2.19 bits per heavy atom. The lowest BCUT2D eigenvalue weighted by atomic mass is 10.0. The van der Waals surface area contributed by atoms with Crippen molar-refractivity contribution in [1.29, 1.82) is 0 Å². The van der Waals surface area contributed by atoms with Crippen LogP contribution in [0.5, 0.6) is 5.75 Å². The third-order valence-electron chi connectivity index (χ3n) is 5.47. The Labute approximate surface area is 183 Å². The number of nitrogens with two attached hydrogens (primary N) is 1. The molecule has 0 amide bonds. The van der Waals surface area contributed by atoms with Crippen LogP contribution in [0.2, 0.25) is 0 Å². The van der Waals surface area contributed by atoms with Gasteiger partial charge in [0.15, 0.2) is 5.65 Å². The number of anilines is 1. The largest absolute Gasteiger partial charge is 0.489 e. The van der Waals surface area contributed by atoms with Gasteiger partial charge in [-0.2, -0.15) is 5.10 Å². The van der Waals surface area contributed by atoms with E-state index < -0.39 is 12.8 Å². The van der Waals surface area contributed by atoms with E-state index in [1.54, 1.807) is 23.1 Å². The second kappa shape index (κ2) is 8.66. The Kier molecular flexibility index (Phi) is 5.94. The van der Waals surface area contributed by atoms with Crippen LogP contribution in [0.15, 0.2) is 36.8 Å². The highest BCUT2D eigenvalue weighted by Gasteiger charge is 2.25. The fourth-order valence-electron chi connectivity index (χ4n) is 3.89. The maximum absolute atomic E-state index is 12.6. The Hall–Kier alpha value is -2.95. The van der Waals surface area contributed by atoms with E-state index in [1.807, 2.05) is 23.1 Å². The summed E-state index contributed by atoms with van der Waals surface area (Å²) in [7, 11) is 0. The van der Waals surface area contributed by atoms with Gasteiger partial charge in [-0.3, -0.25) is 5.10 Å². The van der Waals surface area contributed by atoms with Crippen molar-refractivity contribution in [2.75, 3.05) is 31.3 Å². The van der Waals surface area contributed by atoms with Crippen LogP contribution in [0.1, 0.15) is 6.42 Å². The number of hydrogen-bond acceptors (Lipinski definition) is 7. The molecule has 5 rings (SSSR count). The van der Waals surface area contributed by atoms with E-state index in [4.69, 9.17) is 10.5 Å². The lowest BCUT2D eigenvalue weighted by Crippen LogP contribution is -2.50. The topological polar surface area (TPSA) is 118 Å². The number of aromatic nitrogens is 5. The third-order valence-corrected chi connectivity index (χ3v) is 5.47. The molecule has 5 heterocycles. The Bertz CT molecular complexity index is 1180. The molecule has 0 aliphatic carbocycles. The Morgan fingerprint density at radius 3 is 2.94 bits per heavy atom. The van der Waals surface area contributed by atoms with Gasteiger partial charge in [-0.15, -0.1) is 17.5 Å². The number of pyridine rings is 2. The van der Waals surface area contributed by atoms with E-state index in [1.165, 1.54) is 0 Å². The lowest BCUT2D eigenvalue weighted by molar-refractivity contribution is 0.131. The van der Waals surface area contributed by atoms with E-state index in [2.05, 4.69) is 20.3 Å². The van der Waals surface area contributed by atoms with Crippen LogP contribution in [0.4, 0.5) is 10.2 Å². The number of hydrogen-bond donors (Lipinski definition) is 3. The second-order valence-corrected chi connectivity index (χ2v) is 7.42. The van der Waals surface area contributed by atoms with Gasteiger partial charge in [-0.05, 0) is 24.6 Å². The zero-order valence-electron chi connectivity index (χ0n) is 16.6. The maximum atomic E-state index is 12.6. The van der Waals surface area contributed by atoms with Gasteiger partial charge in [0.1, 0.15) is 24.8 Å². The maximum Gasteiger partial charge on any atom is 0.178 e. The smallest absolute Gasteiger partial charge is 0.178 e. The highest BCUT2D eigenvalue weighted by molar-refractivity contribution is 6.00. The molecular formula is C20H23ClFN7O2. The predicted octanol–water partition coefficient (Wildman–Crippen LogP) is 1.94. The van der Waals surface area contributed by atoms with E-state index in [-0.39, 0.29) is 25.1 Å². The number of ether oxygens (including phenoxy) is 1. The molecule has 164 valence electrons. The van der Waals surface area contributed by atoms with Crippen LogP contribution in [-0.4, -0.2) is 68.4 Å². The van der Waals surface area contributed by atoms with Gasteiger partial charge in [0.2, 0.25) is 0 Å². The first-order valence-corrected chi connectivity index (χ1v) is 9.83. The van der Waals surface area contributed by atoms with Crippen molar-refractivity contribution < 1.29 is 14.2 Å². The van der Waals surface area contributed by atoms with Crippen LogP contribution in [0.3, 0.4) is 0 Å². The van der Waals surface area contributed by atoms with Crippen molar-refractivity contribution in [2.45, 2.75) is 18.6 Å². The molecule has 11 heteroatoms. The van der Waals surface area contributed by atoms with E-state index in [0.717, 1.165) is 34.4 Å². The summed E-state index contributed by atoms with van der Waals surface area (Å²) in [5.74, 6) is 1.30. The van der Waals surface area contributed by atoms with Gasteiger partial charge >= 0.3 is 0 Å². The number of H-pyrrole nitrogens is 1. The standard InChI is InChI=1S/C20H22FN7O2.ClH/c21-4-6-30-13-7-14(19-15-9-24-25-20(15)26-28(19)10-13)12-1-2-18(23-8-12)27-5-3-16(22)17(29)11-27;/h1-2,7-10,16-17,29H,3-6,11,22H2,(H,25,26);1H/t16-,17-;/m0./s1. The molecule has 0 aromatic carbocycles. The van der Waals surface area contributed by atoms with Crippen LogP contribution in [-0.2, 0) is 0 Å². The zero-order chi connectivity index (χ0) is 20.7. The summed E-state index contributed by atoms with van der Waals surface area (Å²) < 4.78 is 19.8. The monoisotopic (exact) mass is 447 g/mol. The fraction of sp³-hybridized carbons (Fsp3) is 0.350. The number of aliphatic hydroxyl groups excluding tert-OH is 1. The number of rotatable bonds is 5. The fourth-order valence-corrected chi connectivity index (χ4v) is 3.89. The zero-order valence-corrected chi connectivity index (χ0v) is 17.4. The van der Waals surface area contributed by atoms with Crippen LogP contribution in [0.25, 0.3) is 27.7 Å². The summed E-state index contributed by atoms with van der Waals surface area (Å²) in [6, 6.07) is 5.56. The summed E-state index contributed by atoms with van der Waals surface area (Å²) in [5, 5.41) is 22.4. The second-order valence-electron chi connectivity index (χ2n) is 7.42. The highest BCUT2D eigenvalue weighted by Crippen LogP contribution is 2.33. The van der Waals surface area contributed by atoms with E-state index >= 15 is 0 Å². The number of fused-ring (bicyclic) bond motifs is 3. The highest BCUT2D eigenvalue weighted by atomic mass is 35.5. The number of aliphatic hydroxyl groups is 1. The number of nitrogens with zero attached hydrogens (tertiary/aromatic N) is 5. The van der Waals surface area contributed by atoms with E-state index in [9.17, 15) is 9.50 Å². The number of nitrogens with one attached hydrogen (secondary N) is 1. The van der Waals surface area contributed by atoms with Gasteiger partial charge in [-0.1, -0.05) is 0 Å². The molecule has 0 unspecified atom stereocenters. The predicted molar refractivity (Wildman–Crippen MR) is 118 cm³/mol. The molecule has 4 aromatic rings. The molecule has 0 radical (unpaired) electrons. The Morgan fingerprint density at radius 1 is 1.32 bits per heavy atom. The third kappa shape index (κ3) is 3.89. The summed E-state index contributed by atoms with van der Waals surface area (Å²) in [4.78, 5) is 6.64. The summed E-state index contributed by atoms with van der Waals surface area (Å²) in [5.41, 5.74) is 9.14. The van der Waals surface area contributed by atoms with Gasteiger partial charge < -0.3 is 20.5 Å². The Balaban J connectivity index is 0.00000231. The van der Waals surface area contributed by atoms with Crippen molar-refractivity contribution in [3.05, 3.63) is 36.8 Å². The quantitative estimate of drug-likeness (QED) is 0.428. The summed E-state index contributed by atoms with van der Waals surface area (Å²) >= 11 is 0. The van der Waals surface area contributed by atoms with Crippen LogP contribution >= 0.6 is 12.4 Å². The average Bonchev–Trinajstić information content (AvgIpc) is 3.35. The molecule has 4 aromatic heterocycles.